The topological polar surface area (TPSA) is 24.9 Å². The van der Waals surface area contributed by atoms with E-state index in [1.54, 1.807) is 0 Å². The second-order valence-corrected chi connectivity index (χ2v) is 5.00. The van der Waals surface area contributed by atoms with E-state index in [0.29, 0.717) is 11.8 Å². The molecule has 0 aliphatic heterocycles. The average Bonchev–Trinajstić information content (AvgIpc) is 2.28. The van der Waals surface area contributed by atoms with E-state index in [1.165, 1.54) is 6.42 Å². The first kappa shape index (κ1) is 12.3. The summed E-state index contributed by atoms with van der Waals surface area (Å²) < 4.78 is 26.2. The van der Waals surface area contributed by atoms with Crippen LogP contribution in [-0.4, -0.2) is 11.0 Å². The average molecular weight is 240 g/mol. The maximum atomic E-state index is 13.5. The first-order chi connectivity index (χ1) is 8.08. The van der Waals surface area contributed by atoms with Crippen LogP contribution < -0.4 is 5.32 Å². The molecule has 1 heterocycles. The second-order valence-electron chi connectivity index (χ2n) is 5.00. The van der Waals surface area contributed by atoms with Gasteiger partial charge in [-0.3, -0.25) is 0 Å². The van der Waals surface area contributed by atoms with Gasteiger partial charge in [0.2, 0.25) is 0 Å². The predicted octanol–water partition coefficient (Wildman–Crippen LogP) is 3.60. The molecule has 94 valence electrons. The molecule has 0 bridgehead atoms. The summed E-state index contributed by atoms with van der Waals surface area (Å²) >= 11 is 0. The third kappa shape index (κ3) is 2.73. The first-order valence-electron chi connectivity index (χ1n) is 6.15. The molecule has 1 fully saturated rings. The van der Waals surface area contributed by atoms with Crippen LogP contribution in [0.15, 0.2) is 12.3 Å². The minimum atomic E-state index is -0.641. The predicted molar refractivity (Wildman–Crippen MR) is 63.7 cm³/mol. The minimum Gasteiger partial charge on any atom is -0.365 e. The fourth-order valence-electron chi connectivity index (χ4n) is 2.48. The van der Waals surface area contributed by atoms with Gasteiger partial charge < -0.3 is 5.32 Å². The largest absolute Gasteiger partial charge is 0.365 e. The number of aromatic nitrogens is 1. The molecule has 0 amide bonds. The van der Waals surface area contributed by atoms with Gasteiger partial charge in [0.25, 0.3) is 0 Å². The summed E-state index contributed by atoms with van der Waals surface area (Å²) in [6.07, 6.45) is 4.43. The fourth-order valence-corrected chi connectivity index (χ4v) is 2.48. The summed E-state index contributed by atoms with van der Waals surface area (Å²) in [4.78, 5) is 3.77. The van der Waals surface area contributed by atoms with Crippen LogP contribution in [0.25, 0.3) is 0 Å². The van der Waals surface area contributed by atoms with Crippen LogP contribution in [0, 0.1) is 23.5 Å². The lowest BCUT2D eigenvalue weighted by Crippen LogP contribution is -2.35. The maximum Gasteiger partial charge on any atom is 0.168 e. The molecule has 17 heavy (non-hydrogen) atoms. The normalized spacial score (nSPS) is 29.1. The first-order valence-corrected chi connectivity index (χ1v) is 6.15. The molecule has 3 unspecified atom stereocenters. The van der Waals surface area contributed by atoms with Gasteiger partial charge in [-0.25, -0.2) is 13.8 Å². The monoisotopic (exact) mass is 240 g/mol. The van der Waals surface area contributed by atoms with Crippen molar-refractivity contribution in [2.75, 3.05) is 5.32 Å². The zero-order valence-corrected chi connectivity index (χ0v) is 10.2. The van der Waals surface area contributed by atoms with Crippen molar-refractivity contribution in [3.05, 3.63) is 23.9 Å². The number of nitrogens with one attached hydrogen (secondary N) is 1. The van der Waals surface area contributed by atoms with Crippen LogP contribution in [0.5, 0.6) is 0 Å². The zero-order valence-electron chi connectivity index (χ0n) is 10.2. The van der Waals surface area contributed by atoms with E-state index in [9.17, 15) is 8.78 Å². The molecule has 0 saturated heterocycles. The van der Waals surface area contributed by atoms with Gasteiger partial charge in [0, 0.05) is 12.1 Å². The van der Waals surface area contributed by atoms with Crippen LogP contribution in [0.1, 0.15) is 33.1 Å². The smallest absolute Gasteiger partial charge is 0.168 e. The lowest BCUT2D eigenvalue weighted by atomic mass is 9.78. The van der Waals surface area contributed by atoms with Gasteiger partial charge in [0.05, 0.1) is 6.20 Å². The summed E-state index contributed by atoms with van der Waals surface area (Å²) in [5, 5.41) is 3.10. The number of halogens is 2. The SMILES string of the molecule is CC1CCCC(Nc2ncc(F)cc2F)C1C. The van der Waals surface area contributed by atoms with Gasteiger partial charge in [-0.05, 0) is 18.3 Å². The van der Waals surface area contributed by atoms with E-state index >= 15 is 0 Å². The molecule has 1 aliphatic carbocycles. The highest BCUT2D eigenvalue weighted by molar-refractivity contribution is 5.37. The molecule has 2 rings (SSSR count). The highest BCUT2D eigenvalue weighted by Gasteiger charge is 2.27. The molecule has 1 aromatic heterocycles. The van der Waals surface area contributed by atoms with E-state index in [1.807, 2.05) is 0 Å². The maximum absolute atomic E-state index is 13.5. The molecule has 0 radical (unpaired) electrons. The Morgan fingerprint density at radius 1 is 1.29 bits per heavy atom. The van der Waals surface area contributed by atoms with E-state index in [4.69, 9.17) is 0 Å². The Hall–Kier alpha value is -1.19. The van der Waals surface area contributed by atoms with E-state index < -0.39 is 11.6 Å². The molecular formula is C13H18F2N2. The van der Waals surface area contributed by atoms with Crippen molar-refractivity contribution in [2.45, 2.75) is 39.2 Å². The number of hydrogen-bond acceptors (Lipinski definition) is 2. The van der Waals surface area contributed by atoms with Gasteiger partial charge in [-0.1, -0.05) is 26.7 Å². The highest BCUT2D eigenvalue weighted by atomic mass is 19.1. The quantitative estimate of drug-likeness (QED) is 0.854. The lowest BCUT2D eigenvalue weighted by molar-refractivity contribution is 0.252. The Bertz CT molecular complexity index is 395. The Balaban J connectivity index is 2.09. The van der Waals surface area contributed by atoms with Crippen LogP contribution in [0.4, 0.5) is 14.6 Å². The summed E-state index contributed by atoms with van der Waals surface area (Å²) in [5.74, 6) is 0.0191. The van der Waals surface area contributed by atoms with Gasteiger partial charge in [0.15, 0.2) is 11.6 Å². The number of nitrogens with zero attached hydrogens (tertiary/aromatic N) is 1. The molecule has 1 aromatic rings. The van der Waals surface area contributed by atoms with Gasteiger partial charge in [0.1, 0.15) is 5.82 Å². The molecule has 0 aromatic carbocycles. The third-order valence-corrected chi connectivity index (χ3v) is 3.84. The molecule has 1 N–H and O–H groups in total. The highest BCUT2D eigenvalue weighted by Crippen LogP contribution is 2.31. The van der Waals surface area contributed by atoms with Crippen molar-refractivity contribution in [3.63, 3.8) is 0 Å². The Kier molecular flexibility index (Phi) is 3.60. The van der Waals surface area contributed by atoms with Crippen molar-refractivity contribution in [1.82, 2.24) is 4.98 Å². The van der Waals surface area contributed by atoms with Crippen molar-refractivity contribution >= 4 is 5.82 Å². The Morgan fingerprint density at radius 3 is 2.76 bits per heavy atom. The van der Waals surface area contributed by atoms with Gasteiger partial charge in [-0.15, -0.1) is 0 Å². The molecule has 4 heteroatoms. The fraction of sp³-hybridized carbons (Fsp3) is 0.615. The van der Waals surface area contributed by atoms with Crippen LogP contribution in [-0.2, 0) is 0 Å². The standard InChI is InChI=1S/C13H18F2N2/c1-8-4-3-5-12(9(8)2)17-13-11(15)6-10(14)7-16-13/h6-9,12H,3-5H2,1-2H3,(H,16,17). The number of hydrogen-bond donors (Lipinski definition) is 1. The number of pyridine rings is 1. The van der Waals surface area contributed by atoms with Crippen molar-refractivity contribution in [2.24, 2.45) is 11.8 Å². The molecule has 2 nitrogen and oxygen atoms in total. The second kappa shape index (κ2) is 4.98. The van der Waals surface area contributed by atoms with Crippen molar-refractivity contribution in [3.8, 4) is 0 Å². The van der Waals surface area contributed by atoms with E-state index in [0.717, 1.165) is 25.1 Å². The zero-order chi connectivity index (χ0) is 12.4. The molecule has 0 spiro atoms. The van der Waals surface area contributed by atoms with E-state index in [-0.39, 0.29) is 11.9 Å². The van der Waals surface area contributed by atoms with Gasteiger partial charge >= 0.3 is 0 Å². The Labute approximate surface area is 100 Å². The molecule has 1 aliphatic rings. The molecular weight excluding hydrogens is 222 g/mol. The minimum absolute atomic E-state index is 0.164. The summed E-state index contributed by atoms with van der Waals surface area (Å²) in [6, 6.07) is 1.10. The van der Waals surface area contributed by atoms with Crippen molar-refractivity contribution in [1.29, 1.82) is 0 Å². The number of rotatable bonds is 2. The van der Waals surface area contributed by atoms with Crippen molar-refractivity contribution < 1.29 is 8.78 Å². The third-order valence-electron chi connectivity index (χ3n) is 3.84. The van der Waals surface area contributed by atoms with Crippen LogP contribution in [0.3, 0.4) is 0 Å². The molecule has 1 saturated carbocycles. The van der Waals surface area contributed by atoms with E-state index in [2.05, 4.69) is 24.1 Å². The lowest BCUT2D eigenvalue weighted by Gasteiger charge is -2.34. The van der Waals surface area contributed by atoms with Crippen LogP contribution >= 0.6 is 0 Å². The number of anilines is 1. The van der Waals surface area contributed by atoms with Crippen LogP contribution in [0.2, 0.25) is 0 Å². The Morgan fingerprint density at radius 2 is 2.06 bits per heavy atom. The van der Waals surface area contributed by atoms with Gasteiger partial charge in [-0.2, -0.15) is 0 Å². The summed E-state index contributed by atoms with van der Waals surface area (Å²) in [7, 11) is 0. The summed E-state index contributed by atoms with van der Waals surface area (Å²) in [6.45, 7) is 4.38. The molecule has 3 atom stereocenters. The summed E-state index contributed by atoms with van der Waals surface area (Å²) in [5.41, 5.74) is 0.